The third kappa shape index (κ3) is 3.94. The van der Waals surface area contributed by atoms with Crippen LogP contribution in [0.25, 0.3) is 0 Å². The molecule has 0 heterocycles. The smallest absolute Gasteiger partial charge is 0.289 e. The lowest BCUT2D eigenvalue weighted by Gasteiger charge is -2.23. The van der Waals surface area contributed by atoms with Crippen LogP contribution in [0, 0.1) is 32.8 Å². The fourth-order valence-corrected chi connectivity index (χ4v) is 1.72. The number of nitro groups is 1. The number of rotatable bonds is 7. The first-order valence-corrected chi connectivity index (χ1v) is 5.93. The molecule has 0 N–H and O–H groups in total. The lowest BCUT2D eigenvalue weighted by Crippen LogP contribution is -2.28. The zero-order chi connectivity index (χ0) is 15.0. The Morgan fingerprint density at radius 3 is 2.70 bits per heavy atom. The molecular formula is C13H14N4O3. The van der Waals surface area contributed by atoms with E-state index in [1.165, 1.54) is 12.1 Å². The zero-order valence-electron chi connectivity index (χ0n) is 11.1. The molecule has 0 aliphatic rings. The predicted molar refractivity (Wildman–Crippen MR) is 72.1 cm³/mol. The van der Waals surface area contributed by atoms with Gasteiger partial charge in [-0.3, -0.25) is 10.1 Å². The topological polar surface area (TPSA) is 103 Å². The third-order valence-corrected chi connectivity index (χ3v) is 2.72. The van der Waals surface area contributed by atoms with Gasteiger partial charge in [-0.1, -0.05) is 0 Å². The average Bonchev–Trinajstić information content (AvgIpc) is 2.46. The molecule has 0 fully saturated rings. The molecule has 0 unspecified atom stereocenters. The molecule has 0 aliphatic heterocycles. The molecule has 0 aliphatic carbocycles. The monoisotopic (exact) mass is 274 g/mol. The second-order valence-corrected chi connectivity index (χ2v) is 3.96. The highest BCUT2D eigenvalue weighted by Gasteiger charge is 2.17. The minimum absolute atomic E-state index is 0.0192. The Morgan fingerprint density at radius 2 is 2.15 bits per heavy atom. The Labute approximate surface area is 116 Å². The van der Waals surface area contributed by atoms with Gasteiger partial charge in [0.2, 0.25) is 0 Å². The van der Waals surface area contributed by atoms with Gasteiger partial charge >= 0.3 is 0 Å². The van der Waals surface area contributed by atoms with Crippen LogP contribution in [-0.2, 0) is 4.74 Å². The molecule has 0 amide bonds. The van der Waals surface area contributed by atoms with E-state index in [1.807, 2.05) is 11.0 Å². The Hall–Kier alpha value is -2.64. The number of hydrogen-bond donors (Lipinski definition) is 0. The maximum Gasteiger partial charge on any atom is 0.289 e. The van der Waals surface area contributed by atoms with Crippen LogP contribution < -0.4 is 4.90 Å². The van der Waals surface area contributed by atoms with Crippen molar-refractivity contribution in [1.82, 2.24) is 0 Å². The van der Waals surface area contributed by atoms with Gasteiger partial charge in [-0.25, -0.2) is 0 Å². The van der Waals surface area contributed by atoms with Crippen LogP contribution in [0.5, 0.6) is 0 Å². The standard InChI is InChI=1S/C13H14N4O3/c1-20-8-7-16(6-2-5-14)12-4-3-11(10-15)13(9-12)17(18)19/h3-4,9H,2,6-8H2,1H3. The van der Waals surface area contributed by atoms with E-state index >= 15 is 0 Å². The van der Waals surface area contributed by atoms with Gasteiger partial charge in [-0.2, -0.15) is 10.5 Å². The summed E-state index contributed by atoms with van der Waals surface area (Å²) in [7, 11) is 1.56. The summed E-state index contributed by atoms with van der Waals surface area (Å²) in [5, 5.41) is 28.4. The summed E-state index contributed by atoms with van der Waals surface area (Å²) in [6.07, 6.45) is 0.303. The molecule has 20 heavy (non-hydrogen) atoms. The minimum Gasteiger partial charge on any atom is -0.383 e. The predicted octanol–water partition coefficient (Wildman–Crippen LogP) is 1.83. The number of anilines is 1. The number of ether oxygens (including phenoxy) is 1. The number of nitrogens with zero attached hydrogens (tertiary/aromatic N) is 4. The van der Waals surface area contributed by atoms with Gasteiger partial charge in [0.25, 0.3) is 5.69 Å². The number of nitro benzene ring substituents is 1. The first kappa shape index (κ1) is 15.4. The molecule has 1 aromatic rings. The molecule has 0 saturated heterocycles. The Morgan fingerprint density at radius 1 is 1.40 bits per heavy atom. The first-order chi connectivity index (χ1) is 9.63. The molecule has 0 spiro atoms. The van der Waals surface area contributed by atoms with Crippen molar-refractivity contribution in [3.8, 4) is 12.1 Å². The normalized spacial score (nSPS) is 9.55. The van der Waals surface area contributed by atoms with Crippen molar-refractivity contribution in [1.29, 1.82) is 10.5 Å². The van der Waals surface area contributed by atoms with Crippen molar-refractivity contribution in [2.75, 3.05) is 31.7 Å². The van der Waals surface area contributed by atoms with Crippen LogP contribution in [0.1, 0.15) is 12.0 Å². The lowest BCUT2D eigenvalue weighted by atomic mass is 10.1. The number of benzene rings is 1. The highest BCUT2D eigenvalue weighted by molar-refractivity contribution is 5.60. The zero-order valence-corrected chi connectivity index (χ0v) is 11.1. The Balaban J connectivity index is 3.07. The molecule has 1 rings (SSSR count). The molecule has 1 aromatic carbocycles. The molecule has 0 saturated carbocycles. The SMILES string of the molecule is COCCN(CCC#N)c1ccc(C#N)c([N+](=O)[O-])c1. The van der Waals surface area contributed by atoms with Gasteiger partial charge < -0.3 is 9.64 Å². The molecule has 0 bridgehead atoms. The van der Waals surface area contributed by atoms with Crippen molar-refractivity contribution in [2.24, 2.45) is 0 Å². The third-order valence-electron chi connectivity index (χ3n) is 2.72. The summed E-state index contributed by atoms with van der Waals surface area (Å²) in [6, 6.07) is 8.23. The highest BCUT2D eigenvalue weighted by Crippen LogP contribution is 2.25. The van der Waals surface area contributed by atoms with Gasteiger partial charge in [0.1, 0.15) is 11.6 Å². The van der Waals surface area contributed by atoms with E-state index in [4.69, 9.17) is 15.3 Å². The van der Waals surface area contributed by atoms with Crippen molar-refractivity contribution >= 4 is 11.4 Å². The molecule has 7 heteroatoms. The van der Waals surface area contributed by atoms with Crippen LogP contribution in [0.2, 0.25) is 0 Å². The highest BCUT2D eigenvalue weighted by atomic mass is 16.6. The lowest BCUT2D eigenvalue weighted by molar-refractivity contribution is -0.385. The summed E-state index contributed by atoms with van der Waals surface area (Å²) < 4.78 is 4.99. The van der Waals surface area contributed by atoms with E-state index in [0.717, 1.165) is 0 Å². The molecule has 0 radical (unpaired) electrons. The maximum atomic E-state index is 10.9. The van der Waals surface area contributed by atoms with Crippen LogP contribution in [0.3, 0.4) is 0 Å². The van der Waals surface area contributed by atoms with Gasteiger partial charge in [0, 0.05) is 32.0 Å². The quantitative estimate of drug-likeness (QED) is 0.555. The summed E-state index contributed by atoms with van der Waals surface area (Å²) in [4.78, 5) is 12.2. The number of methoxy groups -OCH3 is 1. The molecule has 0 aromatic heterocycles. The van der Waals surface area contributed by atoms with Crippen molar-refractivity contribution < 1.29 is 9.66 Å². The number of nitriles is 2. The summed E-state index contributed by atoms with van der Waals surface area (Å²) >= 11 is 0. The molecule has 7 nitrogen and oxygen atoms in total. The van der Waals surface area contributed by atoms with Crippen LogP contribution in [0.15, 0.2) is 18.2 Å². The molecule has 104 valence electrons. The van der Waals surface area contributed by atoms with Gasteiger partial charge in [0.05, 0.1) is 24.0 Å². The largest absolute Gasteiger partial charge is 0.383 e. The number of hydrogen-bond acceptors (Lipinski definition) is 6. The van der Waals surface area contributed by atoms with E-state index in [-0.39, 0.29) is 11.3 Å². The van der Waals surface area contributed by atoms with E-state index < -0.39 is 4.92 Å². The van der Waals surface area contributed by atoms with Crippen LogP contribution in [-0.4, -0.2) is 31.7 Å². The molecule has 0 atom stereocenters. The Kier molecular flexibility index (Phi) is 5.95. The average molecular weight is 274 g/mol. The van der Waals surface area contributed by atoms with Crippen LogP contribution >= 0.6 is 0 Å². The molecular weight excluding hydrogens is 260 g/mol. The van der Waals surface area contributed by atoms with E-state index in [9.17, 15) is 10.1 Å². The second kappa shape index (κ2) is 7.72. The fourth-order valence-electron chi connectivity index (χ4n) is 1.72. The van der Waals surface area contributed by atoms with Gasteiger partial charge in [0.15, 0.2) is 0 Å². The van der Waals surface area contributed by atoms with E-state index in [1.54, 1.807) is 19.2 Å². The van der Waals surface area contributed by atoms with Crippen molar-refractivity contribution in [3.05, 3.63) is 33.9 Å². The van der Waals surface area contributed by atoms with Crippen molar-refractivity contribution in [3.63, 3.8) is 0 Å². The van der Waals surface area contributed by atoms with Gasteiger partial charge in [-0.15, -0.1) is 0 Å². The minimum atomic E-state index is -0.582. The van der Waals surface area contributed by atoms with Crippen molar-refractivity contribution in [2.45, 2.75) is 6.42 Å². The van der Waals surface area contributed by atoms with E-state index in [0.29, 0.717) is 31.8 Å². The summed E-state index contributed by atoms with van der Waals surface area (Å²) in [5.74, 6) is 0. The Bertz CT molecular complexity index is 560. The van der Waals surface area contributed by atoms with Gasteiger partial charge in [-0.05, 0) is 12.1 Å². The summed E-state index contributed by atoms with van der Waals surface area (Å²) in [5.41, 5.74) is 0.387. The summed E-state index contributed by atoms with van der Waals surface area (Å²) in [6.45, 7) is 1.41. The van der Waals surface area contributed by atoms with Crippen LogP contribution in [0.4, 0.5) is 11.4 Å². The second-order valence-electron chi connectivity index (χ2n) is 3.96. The first-order valence-electron chi connectivity index (χ1n) is 5.93. The maximum absolute atomic E-state index is 10.9. The van der Waals surface area contributed by atoms with E-state index in [2.05, 4.69) is 0 Å². The fraction of sp³-hybridized carbons (Fsp3) is 0.385.